The van der Waals surface area contributed by atoms with Gasteiger partial charge in [0.2, 0.25) is 6.79 Å². The monoisotopic (exact) mass is 573 g/mol. The molecule has 1 N–H and O–H groups in total. The molecule has 226 valence electrons. The number of aldehydes is 1. The number of hydrogen-bond acceptors (Lipinski definition) is 7. The van der Waals surface area contributed by atoms with Crippen molar-refractivity contribution < 1.29 is 14.3 Å². The first kappa shape index (κ1) is 34.2. The van der Waals surface area contributed by atoms with Crippen molar-refractivity contribution >= 4 is 18.9 Å². The van der Waals surface area contributed by atoms with Crippen LogP contribution in [0.2, 0.25) is 0 Å². The molecule has 4 rings (SSSR count). The van der Waals surface area contributed by atoms with E-state index in [9.17, 15) is 4.79 Å². The fraction of sp³-hybridized carbons (Fsp3) is 0.667. The molecule has 0 spiro atoms. The van der Waals surface area contributed by atoms with E-state index in [1.165, 1.54) is 49.1 Å². The topological polar surface area (TPSA) is 54.0 Å². The molecule has 3 aliphatic rings. The van der Waals surface area contributed by atoms with Gasteiger partial charge in [-0.3, -0.25) is 4.90 Å². The summed E-state index contributed by atoms with van der Waals surface area (Å²) in [5, 5.41) is 3.41. The first-order valence-electron chi connectivity index (χ1n) is 15.6. The van der Waals surface area contributed by atoms with Crippen LogP contribution in [-0.4, -0.2) is 74.4 Å². The summed E-state index contributed by atoms with van der Waals surface area (Å²) in [7, 11) is 2.18. The number of likely N-dealkylation sites (tertiary alicyclic amines) is 1. The second-order valence-electron chi connectivity index (χ2n) is 10.5. The van der Waals surface area contributed by atoms with Crippen LogP contribution in [-0.2, 0) is 11.2 Å². The Morgan fingerprint density at radius 1 is 1.15 bits per heavy atom. The van der Waals surface area contributed by atoms with Crippen LogP contribution in [0.5, 0.6) is 11.5 Å². The molecule has 1 fully saturated rings. The molecule has 1 aromatic rings. The Labute approximate surface area is 250 Å². The second-order valence-corrected chi connectivity index (χ2v) is 11.0. The summed E-state index contributed by atoms with van der Waals surface area (Å²) < 4.78 is 11.3. The molecule has 6 nitrogen and oxygen atoms in total. The Balaban J connectivity index is 0.000000336. The summed E-state index contributed by atoms with van der Waals surface area (Å²) in [5.41, 5.74) is 3.97. The van der Waals surface area contributed by atoms with Crippen LogP contribution in [0.1, 0.15) is 89.7 Å². The lowest BCUT2D eigenvalue weighted by atomic mass is 9.92. The first-order valence-corrected chi connectivity index (χ1v) is 16.2. The number of carbonyl (C=O) groups is 1. The minimum absolute atomic E-state index is 0.316. The Bertz CT molecular complexity index is 920. The van der Waals surface area contributed by atoms with Crippen LogP contribution in [0.4, 0.5) is 0 Å². The number of fused-ring (bicyclic) bond motifs is 1. The number of rotatable bonds is 14. The van der Waals surface area contributed by atoms with Crippen LogP contribution in [0.3, 0.4) is 0 Å². The number of carbonyl (C=O) groups excluding carboxylic acids is 1. The SMILES string of the molecule is CC.CCCCN(C)C1=CCCC=C1.CCCc1cc(C2CC(CCNCCS)N(CC=O)C2)cc2c1OCO2. The molecule has 1 aromatic carbocycles. The lowest BCUT2D eigenvalue weighted by Crippen LogP contribution is -2.34. The van der Waals surface area contributed by atoms with Gasteiger partial charge in [-0.15, -0.1) is 0 Å². The van der Waals surface area contributed by atoms with Gasteiger partial charge in [-0.1, -0.05) is 58.8 Å². The van der Waals surface area contributed by atoms with Crippen LogP contribution in [0.25, 0.3) is 0 Å². The van der Waals surface area contributed by atoms with E-state index in [1.54, 1.807) is 0 Å². The van der Waals surface area contributed by atoms with Crippen molar-refractivity contribution in [1.29, 1.82) is 0 Å². The largest absolute Gasteiger partial charge is 0.454 e. The molecule has 2 heterocycles. The third-order valence-electron chi connectivity index (χ3n) is 7.61. The molecule has 1 aliphatic carbocycles. The molecule has 7 heteroatoms. The number of nitrogens with zero attached hydrogens (tertiary/aromatic N) is 2. The number of benzene rings is 1. The highest BCUT2D eigenvalue weighted by Crippen LogP contribution is 2.42. The second kappa shape index (κ2) is 20.0. The third-order valence-corrected chi connectivity index (χ3v) is 7.83. The number of nitrogens with one attached hydrogen (secondary N) is 1. The minimum atomic E-state index is 0.316. The first-order chi connectivity index (χ1) is 19.6. The lowest BCUT2D eigenvalue weighted by molar-refractivity contribution is -0.109. The van der Waals surface area contributed by atoms with Gasteiger partial charge in [-0.05, 0) is 74.3 Å². The normalized spacial score (nSPS) is 19.3. The van der Waals surface area contributed by atoms with Crippen LogP contribution >= 0.6 is 12.6 Å². The average Bonchev–Trinajstić information content (AvgIpc) is 3.64. The van der Waals surface area contributed by atoms with Gasteiger partial charge in [-0.2, -0.15) is 12.6 Å². The fourth-order valence-corrected chi connectivity index (χ4v) is 5.68. The van der Waals surface area contributed by atoms with Crippen LogP contribution < -0.4 is 14.8 Å². The number of ether oxygens (including phenoxy) is 2. The molecule has 1 saturated heterocycles. The van der Waals surface area contributed by atoms with Gasteiger partial charge >= 0.3 is 0 Å². The molecule has 40 heavy (non-hydrogen) atoms. The van der Waals surface area contributed by atoms with E-state index in [-0.39, 0.29) is 0 Å². The van der Waals surface area contributed by atoms with Crippen LogP contribution in [0.15, 0.2) is 36.1 Å². The van der Waals surface area contributed by atoms with Crippen molar-refractivity contribution in [1.82, 2.24) is 15.1 Å². The predicted molar refractivity (Wildman–Crippen MR) is 172 cm³/mol. The minimum Gasteiger partial charge on any atom is -0.454 e. The zero-order valence-corrected chi connectivity index (χ0v) is 26.7. The molecule has 0 bridgehead atoms. The van der Waals surface area contributed by atoms with E-state index in [0.717, 1.165) is 68.9 Å². The smallest absolute Gasteiger partial charge is 0.231 e. The van der Waals surface area contributed by atoms with E-state index in [2.05, 4.69) is 79.0 Å². The van der Waals surface area contributed by atoms with Crippen molar-refractivity contribution in [2.75, 3.05) is 52.3 Å². The number of allylic oxidation sites excluding steroid dienone is 3. The molecule has 0 amide bonds. The molecule has 2 unspecified atom stereocenters. The number of aryl methyl sites for hydroxylation is 1. The summed E-state index contributed by atoms with van der Waals surface area (Å²) in [5.74, 6) is 3.09. The van der Waals surface area contributed by atoms with Gasteiger partial charge in [0, 0.05) is 44.2 Å². The van der Waals surface area contributed by atoms with Crippen molar-refractivity contribution in [2.45, 2.75) is 91.0 Å². The van der Waals surface area contributed by atoms with Gasteiger partial charge in [0.25, 0.3) is 0 Å². The third kappa shape index (κ3) is 10.8. The molecular formula is C33H55N3O3S. The average molecular weight is 574 g/mol. The molecule has 0 radical (unpaired) electrons. The lowest BCUT2D eigenvalue weighted by Gasteiger charge is -2.21. The van der Waals surface area contributed by atoms with E-state index in [4.69, 9.17) is 9.47 Å². The van der Waals surface area contributed by atoms with Crippen molar-refractivity contribution in [2.24, 2.45) is 0 Å². The van der Waals surface area contributed by atoms with Gasteiger partial charge in [0.15, 0.2) is 11.5 Å². The van der Waals surface area contributed by atoms with E-state index in [1.807, 2.05) is 13.8 Å². The molecule has 2 atom stereocenters. The zero-order chi connectivity index (χ0) is 29.2. The Kier molecular flexibility index (Phi) is 17.1. The van der Waals surface area contributed by atoms with Crippen LogP contribution in [0, 0.1) is 0 Å². The number of hydrogen-bond donors (Lipinski definition) is 2. The Morgan fingerprint density at radius 3 is 2.65 bits per heavy atom. The summed E-state index contributed by atoms with van der Waals surface area (Å²) in [6, 6.07) is 4.88. The van der Waals surface area contributed by atoms with Gasteiger partial charge in [0.05, 0.1) is 6.54 Å². The fourth-order valence-electron chi connectivity index (χ4n) is 5.52. The van der Waals surface area contributed by atoms with Gasteiger partial charge < -0.3 is 24.5 Å². The zero-order valence-electron chi connectivity index (χ0n) is 25.8. The van der Waals surface area contributed by atoms with E-state index >= 15 is 0 Å². The number of thiol groups is 1. The summed E-state index contributed by atoms with van der Waals surface area (Å²) in [6.45, 7) is 13.3. The van der Waals surface area contributed by atoms with Crippen molar-refractivity contribution in [3.05, 3.63) is 47.2 Å². The Hall–Kier alpha value is -1.96. The summed E-state index contributed by atoms with van der Waals surface area (Å²) in [4.78, 5) is 15.8. The van der Waals surface area contributed by atoms with E-state index in [0.29, 0.717) is 25.3 Å². The van der Waals surface area contributed by atoms with E-state index < -0.39 is 0 Å². The predicted octanol–water partition coefficient (Wildman–Crippen LogP) is 6.61. The van der Waals surface area contributed by atoms with Gasteiger partial charge in [-0.25, -0.2) is 0 Å². The number of unbranched alkanes of at least 4 members (excludes halogenated alkanes) is 1. The maximum Gasteiger partial charge on any atom is 0.231 e. The highest BCUT2D eigenvalue weighted by atomic mass is 32.1. The Morgan fingerprint density at radius 2 is 1.98 bits per heavy atom. The molecule has 0 saturated carbocycles. The molecular weight excluding hydrogens is 518 g/mol. The van der Waals surface area contributed by atoms with Gasteiger partial charge in [0.1, 0.15) is 6.29 Å². The van der Waals surface area contributed by atoms with Crippen molar-refractivity contribution in [3.8, 4) is 11.5 Å². The number of likely N-dealkylation sites (N-methyl/N-ethyl adjacent to an activating group) is 1. The van der Waals surface area contributed by atoms with Crippen molar-refractivity contribution in [3.63, 3.8) is 0 Å². The molecule has 0 aromatic heterocycles. The summed E-state index contributed by atoms with van der Waals surface area (Å²) in [6.07, 6.45) is 17.1. The highest BCUT2D eigenvalue weighted by Gasteiger charge is 2.33. The molecule has 2 aliphatic heterocycles. The quantitative estimate of drug-likeness (QED) is 0.148. The maximum absolute atomic E-state index is 11.1. The standard InChI is InChI=1S/C20H30N2O3S.C11H19N.C2H6/c1-2-3-15-10-16(12-19-20(15)25-14-24-19)17-11-18(4-5-21-6-9-26)22(13-17)7-8-23;1-3-4-10-12(2)11-8-6-5-7-9-11;1-2/h8,10,12,17-18,21,26H,2-7,9,11,13-14H2,1H3;6,8-9H,3-5,7,10H2,1-2H3;1-2H3. The summed E-state index contributed by atoms with van der Waals surface area (Å²) >= 11 is 4.23. The highest BCUT2D eigenvalue weighted by molar-refractivity contribution is 7.80. The maximum atomic E-state index is 11.1.